The van der Waals surface area contributed by atoms with Crippen LogP contribution in [-0.2, 0) is 9.53 Å². The van der Waals surface area contributed by atoms with Gasteiger partial charge in [-0.1, -0.05) is 91.0 Å². The summed E-state index contributed by atoms with van der Waals surface area (Å²) in [6.07, 6.45) is 3.78. The second kappa shape index (κ2) is 8.07. The zero-order valence-corrected chi connectivity index (χ0v) is 18.1. The number of carbonyl (C=O) groups is 2. The van der Waals surface area contributed by atoms with E-state index in [-0.39, 0.29) is 5.78 Å². The van der Waals surface area contributed by atoms with Crippen LogP contribution in [0.5, 0.6) is 0 Å². The van der Waals surface area contributed by atoms with E-state index in [1.807, 2.05) is 89.8 Å². The molecule has 0 bridgehead atoms. The average Bonchev–Trinajstić information content (AvgIpc) is 3.20. The second-order valence-corrected chi connectivity index (χ2v) is 8.31. The van der Waals surface area contributed by atoms with Gasteiger partial charge in [0.1, 0.15) is 6.04 Å². The topological polar surface area (TPSA) is 70.4 Å². The molecular formula is C28H22N2O3. The molecule has 3 aromatic carbocycles. The molecule has 2 heterocycles. The van der Waals surface area contributed by atoms with E-state index in [1.54, 1.807) is 12.1 Å². The molecule has 3 aromatic rings. The molecule has 1 saturated heterocycles. The second-order valence-electron chi connectivity index (χ2n) is 8.31. The van der Waals surface area contributed by atoms with Crippen molar-refractivity contribution < 1.29 is 14.3 Å². The minimum atomic E-state index is -1.60. The van der Waals surface area contributed by atoms with Gasteiger partial charge in [0.25, 0.3) is 0 Å². The number of methoxy groups -OCH3 is 1. The lowest BCUT2D eigenvalue weighted by Gasteiger charge is -2.36. The number of carbonyl (C=O) groups excluding carboxylic acids is 2. The number of esters is 1. The molecule has 0 aromatic heterocycles. The van der Waals surface area contributed by atoms with Crippen molar-refractivity contribution in [3.05, 3.63) is 108 Å². The molecule has 0 saturated carbocycles. The zero-order valence-electron chi connectivity index (χ0n) is 18.1. The number of hydrogen-bond donors (Lipinski definition) is 0. The van der Waals surface area contributed by atoms with Gasteiger partial charge in [-0.05, 0) is 17.2 Å². The normalized spacial score (nSPS) is 25.0. The maximum absolute atomic E-state index is 14.1. The molecule has 0 unspecified atom stereocenters. The molecule has 162 valence electrons. The maximum atomic E-state index is 14.1. The fraction of sp³-hybridized carbons (Fsp3) is 0.179. The molecule has 5 nitrogen and oxygen atoms in total. The van der Waals surface area contributed by atoms with Gasteiger partial charge in [-0.2, -0.15) is 5.26 Å². The van der Waals surface area contributed by atoms with E-state index in [0.717, 1.165) is 16.8 Å². The van der Waals surface area contributed by atoms with Crippen molar-refractivity contribution >= 4 is 23.5 Å². The molecule has 5 rings (SSSR count). The standard InChI is InChI=1S/C28H22N2O3/c1-33-27(32)28(18-29)23-17-16-19-10-8-9-15-22(19)30(23)25(24(28)20-11-4-2-5-12-20)26(31)21-13-6-3-7-14-21/h2-17,23-25H,1H3/t23-,24-,25+,28-/m0/s1. The van der Waals surface area contributed by atoms with E-state index in [1.165, 1.54) is 7.11 Å². The van der Waals surface area contributed by atoms with Crippen molar-refractivity contribution in [1.82, 2.24) is 0 Å². The van der Waals surface area contributed by atoms with Gasteiger partial charge in [-0.3, -0.25) is 9.59 Å². The Morgan fingerprint density at radius 2 is 1.58 bits per heavy atom. The van der Waals surface area contributed by atoms with Crippen LogP contribution in [0.25, 0.3) is 6.08 Å². The van der Waals surface area contributed by atoms with Gasteiger partial charge >= 0.3 is 5.97 Å². The van der Waals surface area contributed by atoms with Gasteiger partial charge in [-0.15, -0.1) is 0 Å². The molecule has 1 fully saturated rings. The van der Waals surface area contributed by atoms with Crippen molar-refractivity contribution in [2.24, 2.45) is 5.41 Å². The molecule has 0 spiro atoms. The summed E-state index contributed by atoms with van der Waals surface area (Å²) in [5.74, 6) is -1.51. The minimum Gasteiger partial charge on any atom is -0.468 e. The number of Topliss-reactive ketones (excluding diaryl/α,β-unsaturated/α-hetero) is 1. The Labute approximate surface area is 192 Å². The van der Waals surface area contributed by atoms with Crippen molar-refractivity contribution in [2.75, 3.05) is 12.0 Å². The van der Waals surface area contributed by atoms with Crippen molar-refractivity contribution in [3.63, 3.8) is 0 Å². The van der Waals surface area contributed by atoms with Gasteiger partial charge in [0.05, 0.1) is 19.2 Å². The zero-order chi connectivity index (χ0) is 23.0. The number of rotatable bonds is 4. The summed E-state index contributed by atoms with van der Waals surface area (Å²) in [4.78, 5) is 29.4. The van der Waals surface area contributed by atoms with Crippen molar-refractivity contribution in [2.45, 2.75) is 18.0 Å². The Bertz CT molecular complexity index is 1280. The Balaban J connectivity index is 1.82. The first kappa shape index (κ1) is 20.7. The van der Waals surface area contributed by atoms with E-state index in [2.05, 4.69) is 6.07 Å². The van der Waals surface area contributed by atoms with Crippen LogP contribution in [-0.4, -0.2) is 30.9 Å². The number of hydrogen-bond acceptors (Lipinski definition) is 5. The highest BCUT2D eigenvalue weighted by atomic mass is 16.5. The molecule has 0 N–H and O–H groups in total. The minimum absolute atomic E-state index is 0.138. The summed E-state index contributed by atoms with van der Waals surface area (Å²) < 4.78 is 5.22. The average molecular weight is 434 g/mol. The number of ketones is 1. The molecule has 33 heavy (non-hydrogen) atoms. The smallest absolute Gasteiger partial charge is 0.329 e. The molecule has 2 aliphatic rings. The third-order valence-corrected chi connectivity index (χ3v) is 6.74. The highest BCUT2D eigenvalue weighted by Crippen LogP contribution is 2.56. The van der Waals surface area contributed by atoms with Crippen LogP contribution in [0.3, 0.4) is 0 Å². The molecule has 2 aliphatic heterocycles. The van der Waals surface area contributed by atoms with Gasteiger partial charge in [-0.25, -0.2) is 0 Å². The highest BCUT2D eigenvalue weighted by molar-refractivity contribution is 6.06. The summed E-state index contributed by atoms with van der Waals surface area (Å²) in [6.45, 7) is 0. The lowest BCUT2D eigenvalue weighted by atomic mass is 9.68. The van der Waals surface area contributed by atoms with Crippen LogP contribution in [0.2, 0.25) is 0 Å². The predicted molar refractivity (Wildman–Crippen MR) is 126 cm³/mol. The van der Waals surface area contributed by atoms with Gasteiger partial charge < -0.3 is 9.64 Å². The molecule has 0 radical (unpaired) electrons. The molecule has 4 atom stereocenters. The van der Waals surface area contributed by atoms with E-state index in [9.17, 15) is 14.9 Å². The number of fused-ring (bicyclic) bond motifs is 3. The van der Waals surface area contributed by atoms with Crippen molar-refractivity contribution in [1.29, 1.82) is 5.26 Å². The summed E-state index contributed by atoms with van der Waals surface area (Å²) in [7, 11) is 1.29. The number of nitriles is 1. The Hall–Kier alpha value is -4.17. The van der Waals surface area contributed by atoms with Gasteiger partial charge in [0, 0.05) is 17.2 Å². The summed E-state index contributed by atoms with van der Waals surface area (Å²) in [6, 6.07) is 27.0. The molecule has 0 aliphatic carbocycles. The summed E-state index contributed by atoms with van der Waals surface area (Å²) in [5.41, 5.74) is 1.44. The quantitative estimate of drug-likeness (QED) is 0.443. The third-order valence-electron chi connectivity index (χ3n) is 6.74. The Morgan fingerprint density at radius 3 is 2.24 bits per heavy atom. The van der Waals surface area contributed by atoms with Gasteiger partial charge in [0.2, 0.25) is 0 Å². The monoisotopic (exact) mass is 434 g/mol. The van der Waals surface area contributed by atoms with E-state index in [0.29, 0.717) is 5.56 Å². The van der Waals surface area contributed by atoms with Crippen LogP contribution < -0.4 is 4.90 Å². The SMILES string of the molecule is COC(=O)[C@@]1(C#N)[C@@H]2C=Cc3ccccc3N2[C@@H](C(=O)c2ccccc2)[C@@H]1c1ccccc1. The fourth-order valence-corrected chi connectivity index (χ4v) is 5.34. The predicted octanol–water partition coefficient (Wildman–Crippen LogP) is 4.62. The van der Waals surface area contributed by atoms with Crippen molar-refractivity contribution in [3.8, 4) is 6.07 Å². The van der Waals surface area contributed by atoms with Crippen LogP contribution >= 0.6 is 0 Å². The third kappa shape index (κ3) is 2.99. The lowest BCUT2D eigenvalue weighted by Crippen LogP contribution is -2.46. The van der Waals surface area contributed by atoms with E-state index >= 15 is 0 Å². The Kier molecular flexibility index (Phi) is 5.07. The number of anilines is 1. The maximum Gasteiger partial charge on any atom is 0.329 e. The van der Waals surface area contributed by atoms with E-state index < -0.39 is 29.4 Å². The van der Waals surface area contributed by atoms with E-state index in [4.69, 9.17) is 4.74 Å². The first-order valence-corrected chi connectivity index (χ1v) is 10.8. The van der Waals surface area contributed by atoms with Crippen LogP contribution in [0.4, 0.5) is 5.69 Å². The molecule has 0 amide bonds. The lowest BCUT2D eigenvalue weighted by molar-refractivity contribution is -0.150. The fourth-order valence-electron chi connectivity index (χ4n) is 5.34. The number of ether oxygens (including phenoxy) is 1. The van der Waals surface area contributed by atoms with Crippen LogP contribution in [0.1, 0.15) is 27.4 Å². The molecular weight excluding hydrogens is 412 g/mol. The summed E-state index contributed by atoms with van der Waals surface area (Å²) in [5, 5.41) is 10.6. The largest absolute Gasteiger partial charge is 0.468 e. The number of nitrogens with zero attached hydrogens (tertiary/aromatic N) is 2. The first-order valence-electron chi connectivity index (χ1n) is 10.8. The van der Waals surface area contributed by atoms with Crippen LogP contribution in [0, 0.1) is 16.7 Å². The number of para-hydroxylation sites is 1. The van der Waals surface area contributed by atoms with Gasteiger partial charge in [0.15, 0.2) is 11.2 Å². The number of benzene rings is 3. The first-order chi connectivity index (χ1) is 16.1. The van der Waals surface area contributed by atoms with Crippen LogP contribution in [0.15, 0.2) is 91.0 Å². The highest BCUT2D eigenvalue weighted by Gasteiger charge is 2.67. The molecule has 5 heteroatoms. The summed E-state index contributed by atoms with van der Waals surface area (Å²) >= 11 is 0. The Morgan fingerprint density at radius 1 is 0.939 bits per heavy atom.